The molecule has 36 heavy (non-hydrogen) atoms. The fourth-order valence-corrected chi connectivity index (χ4v) is 5.89. The van der Waals surface area contributed by atoms with Crippen LogP contribution in [0.1, 0.15) is 31.7 Å². The number of hydrogen-bond acceptors (Lipinski definition) is 3. The van der Waals surface area contributed by atoms with Crippen LogP contribution in [0.5, 0.6) is 0 Å². The molecule has 2 heterocycles. The molecular formula is C26H25F5N2O3. The average molecular weight is 508 g/mol. The number of rotatable bonds is 4. The van der Waals surface area contributed by atoms with Gasteiger partial charge in [0.15, 0.2) is 0 Å². The van der Waals surface area contributed by atoms with E-state index >= 15 is 4.39 Å². The van der Waals surface area contributed by atoms with Gasteiger partial charge in [0.25, 0.3) is 0 Å². The number of alkyl halides is 2. The van der Waals surface area contributed by atoms with Gasteiger partial charge in [0.1, 0.15) is 24.1 Å². The van der Waals surface area contributed by atoms with Gasteiger partial charge in [0.2, 0.25) is 17.7 Å². The lowest BCUT2D eigenvalue weighted by atomic mass is 9.79. The molecule has 3 unspecified atom stereocenters. The number of carbonyl (C=O) groups excluding carboxylic acids is 2. The Kier molecular flexibility index (Phi) is 6.05. The number of hydrogen-bond donors (Lipinski definition) is 1. The maximum atomic E-state index is 15.7. The van der Waals surface area contributed by atoms with Gasteiger partial charge in [0, 0.05) is 36.4 Å². The Morgan fingerprint density at radius 3 is 2.44 bits per heavy atom. The lowest BCUT2D eigenvalue weighted by molar-refractivity contribution is -0.163. The molecule has 0 aromatic heterocycles. The van der Waals surface area contributed by atoms with E-state index in [-0.39, 0.29) is 42.2 Å². The van der Waals surface area contributed by atoms with Crippen LogP contribution >= 0.6 is 0 Å². The van der Waals surface area contributed by atoms with Crippen molar-refractivity contribution in [2.24, 2.45) is 5.92 Å². The zero-order chi connectivity index (χ0) is 25.8. The minimum atomic E-state index is -2.89. The molecule has 0 radical (unpaired) electrons. The molecule has 2 aromatic carbocycles. The van der Waals surface area contributed by atoms with Gasteiger partial charge in [-0.3, -0.25) is 9.59 Å². The molecule has 1 aliphatic carbocycles. The molecule has 0 bridgehead atoms. The van der Waals surface area contributed by atoms with Gasteiger partial charge in [0.05, 0.1) is 18.2 Å². The molecular weight excluding hydrogens is 483 g/mol. The summed E-state index contributed by atoms with van der Waals surface area (Å²) in [7, 11) is 0. The van der Waals surface area contributed by atoms with Crippen LogP contribution in [0.4, 0.5) is 22.0 Å². The van der Waals surface area contributed by atoms with Crippen LogP contribution in [0, 0.1) is 23.4 Å². The maximum Gasteiger partial charge on any atom is 0.249 e. The first-order chi connectivity index (χ1) is 17.0. The molecule has 3 atom stereocenters. The topological polar surface area (TPSA) is 58.6 Å². The summed E-state index contributed by atoms with van der Waals surface area (Å²) in [5.74, 6) is -7.01. The second-order valence-corrected chi connectivity index (χ2v) is 10.1. The average Bonchev–Trinajstić information content (AvgIpc) is 3.02. The van der Waals surface area contributed by atoms with E-state index in [2.05, 4.69) is 5.32 Å². The standard InChI is InChI=1S/C26H25F5N2O3/c1-14-9-25(13-36-12-22(34)32-25)21(33(14)24(35)17-10-26(30,31)11-17)7-15-3-2-4-20(23(15)29)16-5-18(27)8-19(28)6-16/h2-6,8,14,17,21H,7,9-13H2,1H3,(H,32,34). The lowest BCUT2D eigenvalue weighted by Gasteiger charge is -2.43. The van der Waals surface area contributed by atoms with Gasteiger partial charge in [-0.05, 0) is 43.0 Å². The molecule has 192 valence electrons. The lowest BCUT2D eigenvalue weighted by Crippen LogP contribution is -2.65. The van der Waals surface area contributed by atoms with Crippen molar-refractivity contribution in [2.75, 3.05) is 13.2 Å². The summed E-state index contributed by atoms with van der Waals surface area (Å²) < 4.78 is 75.9. The third-order valence-electron chi connectivity index (χ3n) is 7.45. The van der Waals surface area contributed by atoms with Crippen molar-refractivity contribution in [3.63, 3.8) is 0 Å². The van der Waals surface area contributed by atoms with E-state index in [4.69, 9.17) is 4.74 Å². The normalized spacial score (nSPS) is 27.7. The molecule has 3 fully saturated rings. The van der Waals surface area contributed by atoms with Gasteiger partial charge >= 0.3 is 0 Å². The number of benzene rings is 2. The molecule has 2 saturated heterocycles. The van der Waals surface area contributed by atoms with Crippen LogP contribution in [0.2, 0.25) is 0 Å². The van der Waals surface area contributed by atoms with E-state index in [0.717, 1.165) is 12.1 Å². The van der Waals surface area contributed by atoms with Gasteiger partial charge < -0.3 is 15.0 Å². The van der Waals surface area contributed by atoms with Crippen molar-refractivity contribution in [2.45, 2.75) is 56.2 Å². The monoisotopic (exact) mass is 508 g/mol. The molecule has 1 spiro atoms. The Hall–Kier alpha value is -3.01. The molecule has 1 saturated carbocycles. The summed E-state index contributed by atoms with van der Waals surface area (Å²) in [5.41, 5.74) is -0.872. The van der Waals surface area contributed by atoms with Crippen molar-refractivity contribution in [1.29, 1.82) is 0 Å². The summed E-state index contributed by atoms with van der Waals surface area (Å²) in [6.45, 7) is 1.69. The van der Waals surface area contributed by atoms with Crippen molar-refractivity contribution in [1.82, 2.24) is 10.2 Å². The predicted molar refractivity (Wildman–Crippen MR) is 120 cm³/mol. The highest BCUT2D eigenvalue weighted by atomic mass is 19.3. The van der Waals surface area contributed by atoms with Crippen LogP contribution < -0.4 is 5.32 Å². The minimum Gasteiger partial charge on any atom is -0.369 e. The first-order valence-electron chi connectivity index (χ1n) is 11.8. The van der Waals surface area contributed by atoms with Gasteiger partial charge in [-0.25, -0.2) is 22.0 Å². The van der Waals surface area contributed by atoms with Crippen LogP contribution in [0.15, 0.2) is 36.4 Å². The van der Waals surface area contributed by atoms with Crippen molar-refractivity contribution in [3.05, 3.63) is 59.4 Å². The van der Waals surface area contributed by atoms with E-state index in [1.165, 1.54) is 23.1 Å². The molecule has 1 N–H and O–H groups in total. The van der Waals surface area contributed by atoms with E-state index in [1.54, 1.807) is 6.92 Å². The third kappa shape index (κ3) is 4.36. The Morgan fingerprint density at radius 2 is 1.81 bits per heavy atom. The molecule has 2 amide bonds. The second-order valence-electron chi connectivity index (χ2n) is 10.1. The molecule has 3 aliphatic rings. The van der Waals surface area contributed by atoms with Gasteiger partial charge in [-0.1, -0.05) is 18.2 Å². The molecule has 10 heteroatoms. The first-order valence-corrected chi connectivity index (χ1v) is 11.8. The zero-order valence-corrected chi connectivity index (χ0v) is 19.5. The Morgan fingerprint density at radius 1 is 1.11 bits per heavy atom. The van der Waals surface area contributed by atoms with Crippen LogP contribution in [0.3, 0.4) is 0 Å². The van der Waals surface area contributed by atoms with E-state index in [0.29, 0.717) is 12.5 Å². The molecule has 5 rings (SSSR count). The van der Waals surface area contributed by atoms with Crippen molar-refractivity contribution in [3.8, 4) is 11.1 Å². The Labute approximate surface area is 204 Å². The highest BCUT2D eigenvalue weighted by Crippen LogP contribution is 2.46. The van der Waals surface area contributed by atoms with Crippen molar-refractivity contribution >= 4 is 11.8 Å². The highest BCUT2D eigenvalue weighted by Gasteiger charge is 2.58. The number of likely N-dealkylation sites (tertiary alicyclic amines) is 1. The number of nitrogens with zero attached hydrogens (tertiary/aromatic N) is 1. The number of carbonyl (C=O) groups is 2. The van der Waals surface area contributed by atoms with Crippen LogP contribution in [-0.2, 0) is 20.7 Å². The molecule has 2 aliphatic heterocycles. The first kappa shape index (κ1) is 24.7. The quantitative estimate of drug-likeness (QED) is 0.629. The number of nitrogens with one attached hydrogen (secondary N) is 1. The minimum absolute atomic E-state index is 0.0142. The summed E-state index contributed by atoms with van der Waals surface area (Å²) in [5, 5.41) is 2.92. The highest BCUT2D eigenvalue weighted by molar-refractivity contribution is 5.83. The number of amides is 2. The molecule has 2 aromatic rings. The third-order valence-corrected chi connectivity index (χ3v) is 7.45. The van der Waals surface area contributed by atoms with E-state index < -0.39 is 65.7 Å². The smallest absolute Gasteiger partial charge is 0.249 e. The second kappa shape index (κ2) is 8.83. The Balaban J connectivity index is 1.51. The fourth-order valence-electron chi connectivity index (χ4n) is 5.89. The maximum absolute atomic E-state index is 15.7. The van der Waals surface area contributed by atoms with E-state index in [1.807, 2.05) is 0 Å². The zero-order valence-electron chi connectivity index (χ0n) is 19.5. The van der Waals surface area contributed by atoms with Gasteiger partial charge in [-0.2, -0.15) is 0 Å². The number of morpholine rings is 1. The molecule has 5 nitrogen and oxygen atoms in total. The summed E-state index contributed by atoms with van der Waals surface area (Å²) in [6, 6.07) is 5.97. The van der Waals surface area contributed by atoms with Crippen LogP contribution in [-0.4, -0.2) is 53.5 Å². The predicted octanol–water partition coefficient (Wildman–Crippen LogP) is 4.23. The summed E-state index contributed by atoms with van der Waals surface area (Å²) in [6.07, 6.45) is -0.839. The summed E-state index contributed by atoms with van der Waals surface area (Å²) >= 11 is 0. The fraction of sp³-hybridized carbons (Fsp3) is 0.462. The number of ether oxygens (including phenoxy) is 1. The van der Waals surface area contributed by atoms with Crippen molar-refractivity contribution < 1.29 is 36.3 Å². The summed E-state index contributed by atoms with van der Waals surface area (Å²) in [4.78, 5) is 27.1. The largest absolute Gasteiger partial charge is 0.369 e. The van der Waals surface area contributed by atoms with Crippen LogP contribution in [0.25, 0.3) is 11.1 Å². The Bertz CT molecular complexity index is 1190. The number of halogens is 5. The SMILES string of the molecule is CC1CC2(COCC(=O)N2)C(Cc2cccc(-c3cc(F)cc(F)c3)c2F)N1C(=O)C1CC(F)(F)C1. The van der Waals surface area contributed by atoms with E-state index in [9.17, 15) is 27.2 Å². The van der Waals surface area contributed by atoms with Gasteiger partial charge in [-0.15, -0.1) is 0 Å².